The molecule has 0 spiro atoms. The summed E-state index contributed by atoms with van der Waals surface area (Å²) < 4.78 is 11.7. The average molecular weight is 467 g/mol. The number of amides is 1. The molecule has 10 heteroatoms. The van der Waals surface area contributed by atoms with Crippen LogP contribution in [0.5, 0.6) is 0 Å². The molecule has 4 rings (SSSR count). The summed E-state index contributed by atoms with van der Waals surface area (Å²) in [4.78, 5) is 39.5. The Morgan fingerprint density at radius 1 is 1.12 bits per heavy atom. The van der Waals surface area contributed by atoms with E-state index in [0.29, 0.717) is 0 Å². The number of carbonyl (C=O) groups excluding carboxylic acids is 1. The number of aliphatic hydroxyl groups is 2. The molecular weight excluding hydrogens is 442 g/mol. The van der Waals surface area contributed by atoms with Gasteiger partial charge in [0, 0.05) is 19.9 Å². The van der Waals surface area contributed by atoms with Gasteiger partial charge in [-0.1, -0.05) is 54.6 Å². The third kappa shape index (κ3) is 4.70. The normalized spacial score (nSPS) is 22.0. The van der Waals surface area contributed by atoms with Crippen LogP contribution in [-0.2, 0) is 16.0 Å². The summed E-state index contributed by atoms with van der Waals surface area (Å²) in [6.45, 7) is -0.329. The predicted octanol–water partition coefficient (Wildman–Crippen LogP) is 0.399. The highest BCUT2D eigenvalue weighted by atomic mass is 16.6. The van der Waals surface area contributed by atoms with Crippen molar-refractivity contribution < 1.29 is 24.5 Å². The maximum Gasteiger partial charge on any atom is 0.330 e. The van der Waals surface area contributed by atoms with E-state index in [1.54, 1.807) is 0 Å². The summed E-state index contributed by atoms with van der Waals surface area (Å²) in [5.74, 6) is -0.687. The van der Waals surface area contributed by atoms with E-state index in [-0.39, 0.29) is 12.1 Å². The molecule has 2 aromatic carbocycles. The summed E-state index contributed by atoms with van der Waals surface area (Å²) in [7, 11) is 1.32. The van der Waals surface area contributed by atoms with Crippen molar-refractivity contribution in [2.45, 2.75) is 31.1 Å². The second-order valence-electron chi connectivity index (χ2n) is 7.89. The Balaban J connectivity index is 1.50. The van der Waals surface area contributed by atoms with Crippen LogP contribution < -0.4 is 16.6 Å². The number of aromatic amines is 1. The van der Waals surface area contributed by atoms with Crippen molar-refractivity contribution in [3.63, 3.8) is 0 Å². The van der Waals surface area contributed by atoms with Crippen molar-refractivity contribution in [1.82, 2.24) is 14.9 Å². The minimum absolute atomic E-state index is 0.165. The van der Waals surface area contributed by atoms with Crippen LogP contribution in [0.3, 0.4) is 0 Å². The highest BCUT2D eigenvalue weighted by Gasteiger charge is 2.45. The zero-order valence-electron chi connectivity index (χ0n) is 18.4. The molecular formula is C24H25N3O7. The van der Waals surface area contributed by atoms with E-state index in [2.05, 4.69) is 10.3 Å². The summed E-state index contributed by atoms with van der Waals surface area (Å²) in [5.41, 5.74) is 0.933. The monoisotopic (exact) mass is 467 g/mol. The molecule has 1 amide bonds. The number of aromatic nitrogens is 2. The topological polar surface area (TPSA) is 143 Å². The van der Waals surface area contributed by atoms with Gasteiger partial charge in [-0.15, -0.1) is 0 Å². The first-order chi connectivity index (χ1) is 16.4. The molecule has 0 bridgehead atoms. The lowest BCUT2D eigenvalue weighted by atomic mass is 10.0. The minimum atomic E-state index is -1.20. The van der Waals surface area contributed by atoms with Gasteiger partial charge in [-0.25, -0.2) is 4.79 Å². The number of rotatable bonds is 7. The lowest BCUT2D eigenvalue weighted by molar-refractivity contribution is -0.0626. The molecule has 178 valence electrons. The largest absolute Gasteiger partial charge is 0.394 e. The SMILES string of the molecule is CO[C@@H]1[C@@H](O)[C@@H](CO)O[C@H]1n1cc(C(=O)NCc2ccc(-c3ccccc3)cc2)c(=O)[nH]c1=O. The van der Waals surface area contributed by atoms with Gasteiger partial charge in [-0.2, -0.15) is 0 Å². The summed E-state index contributed by atoms with van der Waals surface area (Å²) >= 11 is 0. The van der Waals surface area contributed by atoms with Crippen LogP contribution in [0.25, 0.3) is 11.1 Å². The van der Waals surface area contributed by atoms with Crippen LogP contribution in [0.4, 0.5) is 0 Å². The molecule has 0 unspecified atom stereocenters. The summed E-state index contributed by atoms with van der Waals surface area (Å²) in [5, 5.41) is 22.3. The van der Waals surface area contributed by atoms with Crippen molar-refractivity contribution >= 4 is 5.91 Å². The Bertz CT molecular complexity index is 1250. The molecule has 1 aliphatic heterocycles. The molecule has 34 heavy (non-hydrogen) atoms. The van der Waals surface area contributed by atoms with Gasteiger partial charge in [0.1, 0.15) is 23.9 Å². The van der Waals surface area contributed by atoms with Gasteiger partial charge in [-0.05, 0) is 16.7 Å². The second kappa shape index (κ2) is 10.1. The Labute approximate surface area is 194 Å². The molecule has 0 aliphatic carbocycles. The van der Waals surface area contributed by atoms with Gasteiger partial charge in [0.15, 0.2) is 6.23 Å². The Morgan fingerprint density at radius 3 is 2.44 bits per heavy atom. The highest BCUT2D eigenvalue weighted by Crippen LogP contribution is 2.30. The zero-order valence-corrected chi connectivity index (χ0v) is 18.4. The number of hydrogen-bond donors (Lipinski definition) is 4. The van der Waals surface area contributed by atoms with Crippen molar-refractivity contribution in [2.75, 3.05) is 13.7 Å². The van der Waals surface area contributed by atoms with Crippen molar-refractivity contribution in [3.05, 3.63) is 92.8 Å². The van der Waals surface area contributed by atoms with Crippen LogP contribution in [0.1, 0.15) is 22.1 Å². The summed E-state index contributed by atoms with van der Waals surface area (Å²) in [6, 6.07) is 17.5. The van der Waals surface area contributed by atoms with E-state index in [1.165, 1.54) is 7.11 Å². The molecule has 3 aromatic rings. The highest BCUT2D eigenvalue weighted by molar-refractivity contribution is 5.93. The number of nitrogens with one attached hydrogen (secondary N) is 2. The molecule has 0 radical (unpaired) electrons. The maximum atomic E-state index is 12.7. The van der Waals surface area contributed by atoms with Crippen LogP contribution in [0.2, 0.25) is 0 Å². The molecule has 0 saturated carbocycles. The number of H-pyrrole nitrogens is 1. The van der Waals surface area contributed by atoms with Crippen molar-refractivity contribution in [3.8, 4) is 11.1 Å². The first-order valence-corrected chi connectivity index (χ1v) is 10.7. The van der Waals surface area contributed by atoms with E-state index in [1.807, 2.05) is 54.6 Å². The first kappa shape index (κ1) is 23.6. The van der Waals surface area contributed by atoms with E-state index in [4.69, 9.17) is 9.47 Å². The van der Waals surface area contributed by atoms with Crippen LogP contribution in [-0.4, -0.2) is 57.7 Å². The standard InChI is InChI=1S/C24H25N3O7/c1-33-20-19(29)18(13-28)34-23(20)27-12-17(22(31)26-24(27)32)21(30)25-11-14-7-9-16(10-8-14)15-5-3-2-4-6-15/h2-10,12,18-20,23,28-29H,11,13H2,1H3,(H,25,30)(H,26,31,32)/t18-,19+,20-,23-/m1/s1. The third-order valence-electron chi connectivity index (χ3n) is 5.77. The fourth-order valence-corrected chi connectivity index (χ4v) is 3.91. The molecule has 2 heterocycles. The number of carbonyl (C=O) groups is 1. The number of methoxy groups -OCH3 is 1. The van der Waals surface area contributed by atoms with E-state index < -0.39 is 48.3 Å². The van der Waals surface area contributed by atoms with E-state index in [0.717, 1.165) is 27.5 Å². The number of hydrogen-bond acceptors (Lipinski definition) is 7. The maximum absolute atomic E-state index is 12.7. The number of ether oxygens (including phenoxy) is 2. The Hall–Kier alpha value is -3.57. The lowest BCUT2D eigenvalue weighted by Crippen LogP contribution is -2.41. The Morgan fingerprint density at radius 2 is 1.79 bits per heavy atom. The zero-order chi connectivity index (χ0) is 24.2. The quantitative estimate of drug-likeness (QED) is 0.394. The third-order valence-corrected chi connectivity index (χ3v) is 5.77. The van der Waals surface area contributed by atoms with Crippen molar-refractivity contribution in [2.24, 2.45) is 0 Å². The van der Waals surface area contributed by atoms with Crippen molar-refractivity contribution in [1.29, 1.82) is 0 Å². The number of benzene rings is 2. The van der Waals surface area contributed by atoms with Gasteiger partial charge in [0.05, 0.1) is 6.61 Å². The van der Waals surface area contributed by atoms with Gasteiger partial charge in [0.2, 0.25) is 0 Å². The lowest BCUT2D eigenvalue weighted by Gasteiger charge is -2.20. The first-order valence-electron chi connectivity index (χ1n) is 10.7. The predicted molar refractivity (Wildman–Crippen MR) is 122 cm³/mol. The average Bonchev–Trinajstić information content (AvgIpc) is 3.18. The molecule has 4 atom stereocenters. The second-order valence-corrected chi connectivity index (χ2v) is 7.89. The summed E-state index contributed by atoms with van der Waals surface area (Å²) in [6.07, 6.45) is -3.24. The van der Waals surface area contributed by atoms with E-state index in [9.17, 15) is 24.6 Å². The van der Waals surface area contributed by atoms with Gasteiger partial charge >= 0.3 is 5.69 Å². The van der Waals surface area contributed by atoms with Crippen LogP contribution in [0, 0.1) is 0 Å². The molecule has 1 aliphatic rings. The van der Waals surface area contributed by atoms with Crippen LogP contribution in [0.15, 0.2) is 70.4 Å². The minimum Gasteiger partial charge on any atom is -0.394 e. The Kier molecular flexibility index (Phi) is 7.03. The number of aliphatic hydroxyl groups excluding tert-OH is 2. The van der Waals surface area contributed by atoms with Gasteiger partial charge in [0.25, 0.3) is 11.5 Å². The molecule has 10 nitrogen and oxygen atoms in total. The molecule has 1 saturated heterocycles. The molecule has 4 N–H and O–H groups in total. The molecule has 1 aromatic heterocycles. The fraction of sp³-hybridized carbons (Fsp3) is 0.292. The fourth-order valence-electron chi connectivity index (χ4n) is 3.91. The van der Waals surface area contributed by atoms with E-state index >= 15 is 0 Å². The van der Waals surface area contributed by atoms with Gasteiger partial charge < -0.3 is 25.0 Å². The smallest absolute Gasteiger partial charge is 0.330 e. The van der Waals surface area contributed by atoms with Crippen LogP contribution >= 0.6 is 0 Å². The van der Waals surface area contributed by atoms with Gasteiger partial charge in [-0.3, -0.25) is 19.1 Å². The molecule has 1 fully saturated rings. The number of nitrogens with zero attached hydrogens (tertiary/aromatic N) is 1.